The lowest BCUT2D eigenvalue weighted by Gasteiger charge is -2.35. The molecule has 0 spiro atoms. The Morgan fingerprint density at radius 1 is 1.12 bits per heavy atom. The first-order valence-electron chi connectivity index (χ1n) is 8.47. The number of nitrogens with zero attached hydrogens (tertiary/aromatic N) is 5. The second kappa shape index (κ2) is 6.60. The van der Waals surface area contributed by atoms with Crippen molar-refractivity contribution in [2.45, 2.75) is 6.42 Å². The second-order valence-corrected chi connectivity index (χ2v) is 6.51. The second-order valence-electron chi connectivity index (χ2n) is 6.51. The zero-order valence-electron chi connectivity index (χ0n) is 13.6. The van der Waals surface area contributed by atoms with Gasteiger partial charge in [0, 0.05) is 51.4 Å². The molecule has 2 aromatic rings. The van der Waals surface area contributed by atoms with Gasteiger partial charge >= 0.3 is 0 Å². The minimum Gasteiger partial charge on any atom is -0.339 e. The molecule has 1 amide bonds. The molecule has 0 bridgehead atoms. The fourth-order valence-corrected chi connectivity index (χ4v) is 3.62. The molecule has 2 fully saturated rings. The molecule has 0 aliphatic carbocycles. The number of hydrogen-bond acceptors (Lipinski definition) is 5. The van der Waals surface area contributed by atoms with E-state index in [9.17, 15) is 4.79 Å². The molecule has 3 heterocycles. The van der Waals surface area contributed by atoms with Crippen LogP contribution >= 0.6 is 0 Å². The lowest BCUT2D eigenvalue weighted by molar-refractivity contribution is -0.117. The van der Waals surface area contributed by atoms with Gasteiger partial charge in [0.05, 0.1) is 0 Å². The van der Waals surface area contributed by atoms with Gasteiger partial charge in [0.25, 0.3) is 0 Å². The normalized spacial score (nSPS) is 22.3. The highest BCUT2D eigenvalue weighted by Crippen LogP contribution is 2.25. The van der Waals surface area contributed by atoms with E-state index < -0.39 is 0 Å². The molecular weight excluding hydrogens is 304 g/mol. The van der Waals surface area contributed by atoms with Gasteiger partial charge in [0.2, 0.25) is 11.9 Å². The first-order chi connectivity index (χ1) is 11.8. The third kappa shape index (κ3) is 3.12. The molecule has 24 heavy (non-hydrogen) atoms. The highest BCUT2D eigenvalue weighted by atomic mass is 16.2. The first-order valence-corrected chi connectivity index (χ1v) is 8.47. The summed E-state index contributed by atoms with van der Waals surface area (Å²) >= 11 is 0. The fourth-order valence-electron chi connectivity index (χ4n) is 3.62. The molecule has 2 aliphatic rings. The van der Waals surface area contributed by atoms with Crippen LogP contribution in [0.1, 0.15) is 6.42 Å². The molecule has 7 heteroatoms. The number of para-hydroxylation sites is 1. The summed E-state index contributed by atoms with van der Waals surface area (Å²) in [6.07, 6.45) is 2.20. The average Bonchev–Trinajstić information content (AvgIpc) is 3.26. The number of rotatable bonds is 4. The molecule has 0 unspecified atom stereocenters. The van der Waals surface area contributed by atoms with Crippen LogP contribution in [0.15, 0.2) is 36.7 Å². The van der Waals surface area contributed by atoms with E-state index in [1.54, 1.807) is 6.33 Å². The van der Waals surface area contributed by atoms with E-state index in [0.717, 1.165) is 50.9 Å². The van der Waals surface area contributed by atoms with Crippen LogP contribution in [0.2, 0.25) is 0 Å². The van der Waals surface area contributed by atoms with Crippen LogP contribution in [-0.4, -0.2) is 65.3 Å². The summed E-state index contributed by atoms with van der Waals surface area (Å²) in [6.45, 7) is 5.69. The number of hydrogen-bond donors (Lipinski definition) is 1. The number of piperazine rings is 1. The summed E-state index contributed by atoms with van der Waals surface area (Å²) in [7, 11) is 0. The van der Waals surface area contributed by atoms with Crippen LogP contribution in [0.4, 0.5) is 11.6 Å². The Bertz CT molecular complexity index is 666. The van der Waals surface area contributed by atoms with Crippen molar-refractivity contribution in [2.24, 2.45) is 5.92 Å². The predicted molar refractivity (Wildman–Crippen MR) is 91.9 cm³/mol. The van der Waals surface area contributed by atoms with E-state index in [4.69, 9.17) is 0 Å². The summed E-state index contributed by atoms with van der Waals surface area (Å²) < 4.78 is 0. The lowest BCUT2D eigenvalue weighted by Crippen LogP contribution is -2.48. The van der Waals surface area contributed by atoms with Crippen molar-refractivity contribution in [1.82, 2.24) is 20.1 Å². The van der Waals surface area contributed by atoms with Crippen molar-refractivity contribution in [3.8, 4) is 0 Å². The minimum absolute atomic E-state index is 0.242. The maximum absolute atomic E-state index is 12.3. The number of amides is 1. The van der Waals surface area contributed by atoms with E-state index in [0.29, 0.717) is 12.3 Å². The number of H-pyrrole nitrogens is 1. The Morgan fingerprint density at radius 3 is 2.62 bits per heavy atom. The number of benzene rings is 1. The molecule has 1 aromatic carbocycles. The summed E-state index contributed by atoms with van der Waals surface area (Å²) in [5.74, 6) is 1.50. The standard InChI is InChI=1S/C17H22N6O/c24-16-10-14(12-23(16)15-4-2-1-3-5-15)11-21-6-8-22(9-7-21)17-18-13-19-20-17/h1-5,13-14H,6-12H2,(H,18,19,20)/t14-/m1/s1. The molecule has 0 saturated carbocycles. The van der Waals surface area contributed by atoms with Gasteiger partial charge in [-0.15, -0.1) is 0 Å². The first kappa shape index (κ1) is 15.1. The van der Waals surface area contributed by atoms with Gasteiger partial charge in [-0.05, 0) is 18.1 Å². The Labute approximate surface area is 141 Å². The molecule has 1 atom stereocenters. The van der Waals surface area contributed by atoms with Crippen molar-refractivity contribution in [3.63, 3.8) is 0 Å². The van der Waals surface area contributed by atoms with Gasteiger partial charge in [-0.2, -0.15) is 10.1 Å². The predicted octanol–water partition coefficient (Wildman–Crippen LogP) is 0.980. The van der Waals surface area contributed by atoms with E-state index in [2.05, 4.69) is 25.0 Å². The number of anilines is 2. The van der Waals surface area contributed by atoms with Crippen LogP contribution in [-0.2, 0) is 4.79 Å². The lowest BCUT2D eigenvalue weighted by atomic mass is 10.1. The smallest absolute Gasteiger partial charge is 0.227 e. The molecule has 2 aliphatic heterocycles. The molecule has 1 aromatic heterocycles. The molecule has 7 nitrogen and oxygen atoms in total. The molecule has 126 valence electrons. The molecule has 0 radical (unpaired) electrons. The fraction of sp³-hybridized carbons (Fsp3) is 0.471. The zero-order valence-corrected chi connectivity index (χ0v) is 13.6. The number of aromatic nitrogens is 3. The number of aromatic amines is 1. The van der Waals surface area contributed by atoms with Gasteiger partial charge in [-0.25, -0.2) is 5.10 Å². The van der Waals surface area contributed by atoms with Crippen molar-refractivity contribution in [1.29, 1.82) is 0 Å². The summed E-state index contributed by atoms with van der Waals surface area (Å²) in [5, 5.41) is 6.83. The van der Waals surface area contributed by atoms with E-state index in [-0.39, 0.29) is 5.91 Å². The van der Waals surface area contributed by atoms with Gasteiger partial charge in [-0.1, -0.05) is 18.2 Å². The van der Waals surface area contributed by atoms with Crippen molar-refractivity contribution < 1.29 is 4.79 Å². The quantitative estimate of drug-likeness (QED) is 0.907. The van der Waals surface area contributed by atoms with Gasteiger partial charge in [0.1, 0.15) is 6.33 Å². The Hall–Kier alpha value is -2.41. The van der Waals surface area contributed by atoms with E-state index in [1.165, 1.54) is 0 Å². The van der Waals surface area contributed by atoms with E-state index in [1.807, 2.05) is 35.2 Å². The van der Waals surface area contributed by atoms with Gasteiger partial charge in [-0.3, -0.25) is 9.69 Å². The van der Waals surface area contributed by atoms with Gasteiger partial charge in [0.15, 0.2) is 0 Å². The SMILES string of the molecule is O=C1C[C@H](CN2CCN(c3ncn[nH]3)CC2)CN1c1ccccc1. The largest absolute Gasteiger partial charge is 0.339 e. The number of carbonyl (C=O) groups excluding carboxylic acids is 1. The van der Waals surface area contributed by atoms with Crippen LogP contribution in [0.5, 0.6) is 0 Å². The highest BCUT2D eigenvalue weighted by Gasteiger charge is 2.32. The summed E-state index contributed by atoms with van der Waals surface area (Å²) in [5.41, 5.74) is 1.01. The molecule has 4 rings (SSSR count). The van der Waals surface area contributed by atoms with Gasteiger partial charge < -0.3 is 9.80 Å². The number of nitrogens with one attached hydrogen (secondary N) is 1. The zero-order chi connectivity index (χ0) is 16.4. The summed E-state index contributed by atoms with van der Waals surface area (Å²) in [4.78, 5) is 23.1. The number of carbonyl (C=O) groups is 1. The third-order valence-electron chi connectivity index (χ3n) is 4.86. The van der Waals surface area contributed by atoms with E-state index >= 15 is 0 Å². The monoisotopic (exact) mass is 326 g/mol. The van der Waals surface area contributed by atoms with Crippen molar-refractivity contribution in [3.05, 3.63) is 36.7 Å². The molecule has 2 saturated heterocycles. The van der Waals surface area contributed by atoms with Crippen LogP contribution in [0, 0.1) is 5.92 Å². The van der Waals surface area contributed by atoms with Crippen molar-refractivity contribution >= 4 is 17.5 Å². The Kier molecular flexibility index (Phi) is 4.17. The Morgan fingerprint density at radius 2 is 1.92 bits per heavy atom. The summed E-state index contributed by atoms with van der Waals surface area (Å²) in [6, 6.07) is 9.97. The topological polar surface area (TPSA) is 68.4 Å². The molecular formula is C17H22N6O. The third-order valence-corrected chi connectivity index (χ3v) is 4.86. The maximum Gasteiger partial charge on any atom is 0.227 e. The molecule has 1 N–H and O–H groups in total. The maximum atomic E-state index is 12.3. The minimum atomic E-state index is 0.242. The van der Waals surface area contributed by atoms with Crippen LogP contribution in [0.25, 0.3) is 0 Å². The van der Waals surface area contributed by atoms with Crippen LogP contribution in [0.3, 0.4) is 0 Å². The van der Waals surface area contributed by atoms with Crippen LogP contribution < -0.4 is 9.80 Å². The van der Waals surface area contributed by atoms with Crippen molar-refractivity contribution in [2.75, 3.05) is 49.1 Å². The average molecular weight is 326 g/mol. The highest BCUT2D eigenvalue weighted by molar-refractivity contribution is 5.95. The Balaban J connectivity index is 1.30.